The van der Waals surface area contributed by atoms with Gasteiger partial charge in [-0.25, -0.2) is 4.39 Å². The van der Waals surface area contributed by atoms with Gasteiger partial charge in [-0.3, -0.25) is 4.79 Å². The smallest absolute Gasteiger partial charge is 0.157 e. The van der Waals surface area contributed by atoms with Gasteiger partial charge in [0.25, 0.3) is 0 Å². The molecule has 0 spiro atoms. The summed E-state index contributed by atoms with van der Waals surface area (Å²) < 4.78 is 13.8. The van der Waals surface area contributed by atoms with Gasteiger partial charge in [0.05, 0.1) is 10.0 Å². The van der Waals surface area contributed by atoms with Crippen molar-refractivity contribution in [1.82, 2.24) is 0 Å². The van der Waals surface area contributed by atoms with Crippen LogP contribution in [-0.2, 0) is 11.2 Å². The zero-order chi connectivity index (χ0) is 13.2. The summed E-state index contributed by atoms with van der Waals surface area (Å²) in [6, 6.07) is 4.75. The standard InChI is InChI=1S/C14H17BrFNO/c15-13-10(5-4-6-11(13)16)9-12(18)14(17)7-2-1-3-8-14/h4-6H,1-3,7-9,17H2. The molecule has 0 bridgehead atoms. The lowest BCUT2D eigenvalue weighted by Gasteiger charge is -2.32. The number of ketones is 1. The molecule has 98 valence electrons. The summed E-state index contributed by atoms with van der Waals surface area (Å²) in [6.07, 6.45) is 4.86. The molecule has 2 rings (SSSR count). The van der Waals surface area contributed by atoms with Crippen molar-refractivity contribution < 1.29 is 9.18 Å². The van der Waals surface area contributed by atoms with E-state index in [4.69, 9.17) is 5.73 Å². The molecule has 0 unspecified atom stereocenters. The van der Waals surface area contributed by atoms with Crippen molar-refractivity contribution in [3.8, 4) is 0 Å². The molecule has 0 radical (unpaired) electrons. The fraction of sp³-hybridized carbons (Fsp3) is 0.500. The molecule has 1 aliphatic carbocycles. The minimum atomic E-state index is -0.704. The first-order valence-corrected chi connectivity index (χ1v) is 7.07. The minimum Gasteiger partial charge on any atom is -0.319 e. The zero-order valence-electron chi connectivity index (χ0n) is 10.2. The van der Waals surface area contributed by atoms with Crippen molar-refractivity contribution in [1.29, 1.82) is 0 Å². The monoisotopic (exact) mass is 313 g/mol. The van der Waals surface area contributed by atoms with Gasteiger partial charge in [-0.05, 0) is 40.4 Å². The second kappa shape index (κ2) is 5.49. The van der Waals surface area contributed by atoms with Gasteiger partial charge in [-0.1, -0.05) is 31.4 Å². The summed E-state index contributed by atoms with van der Waals surface area (Å²) in [5, 5.41) is 0. The lowest BCUT2D eigenvalue weighted by Crippen LogP contribution is -2.50. The quantitative estimate of drug-likeness (QED) is 0.929. The predicted octanol–water partition coefficient (Wildman–Crippen LogP) is 3.36. The second-order valence-corrected chi connectivity index (χ2v) is 5.82. The van der Waals surface area contributed by atoms with E-state index in [-0.39, 0.29) is 18.0 Å². The van der Waals surface area contributed by atoms with Gasteiger partial charge >= 0.3 is 0 Å². The average molecular weight is 314 g/mol. The number of benzene rings is 1. The summed E-state index contributed by atoms with van der Waals surface area (Å²) in [4.78, 5) is 12.3. The van der Waals surface area contributed by atoms with Crippen LogP contribution in [0.1, 0.15) is 37.7 Å². The molecular formula is C14H17BrFNO. The Bertz CT molecular complexity index is 455. The Kier molecular flexibility index (Phi) is 4.17. The molecule has 0 aliphatic heterocycles. The molecule has 4 heteroatoms. The molecule has 0 heterocycles. The molecule has 1 aromatic carbocycles. The van der Waals surface area contributed by atoms with Crippen LogP contribution in [0.5, 0.6) is 0 Å². The Hall–Kier alpha value is -0.740. The van der Waals surface area contributed by atoms with Crippen LogP contribution in [0.25, 0.3) is 0 Å². The molecule has 2 N–H and O–H groups in total. The molecule has 1 saturated carbocycles. The van der Waals surface area contributed by atoms with Crippen LogP contribution in [-0.4, -0.2) is 11.3 Å². The molecule has 0 aromatic heterocycles. The van der Waals surface area contributed by atoms with Crippen LogP contribution >= 0.6 is 15.9 Å². The van der Waals surface area contributed by atoms with Gasteiger partial charge in [0, 0.05) is 6.42 Å². The highest BCUT2D eigenvalue weighted by Crippen LogP contribution is 2.29. The van der Waals surface area contributed by atoms with Crippen molar-refractivity contribution in [2.75, 3.05) is 0 Å². The Morgan fingerprint density at radius 2 is 2.00 bits per heavy atom. The largest absolute Gasteiger partial charge is 0.319 e. The highest BCUT2D eigenvalue weighted by Gasteiger charge is 2.34. The fourth-order valence-electron chi connectivity index (χ4n) is 2.50. The normalized spacial score (nSPS) is 18.6. The first kappa shape index (κ1) is 13.7. The second-order valence-electron chi connectivity index (χ2n) is 5.03. The number of carbonyl (C=O) groups excluding carboxylic acids is 1. The predicted molar refractivity (Wildman–Crippen MR) is 72.8 cm³/mol. The number of nitrogens with two attached hydrogens (primary N) is 1. The van der Waals surface area contributed by atoms with E-state index in [2.05, 4.69) is 15.9 Å². The molecule has 0 amide bonds. The van der Waals surface area contributed by atoms with E-state index in [9.17, 15) is 9.18 Å². The maximum atomic E-state index is 13.4. The SMILES string of the molecule is NC1(C(=O)Cc2cccc(F)c2Br)CCCCC1. The van der Waals surface area contributed by atoms with Crippen LogP contribution in [0.2, 0.25) is 0 Å². The first-order chi connectivity index (χ1) is 8.53. The summed E-state index contributed by atoms with van der Waals surface area (Å²) in [5.74, 6) is -0.316. The van der Waals surface area contributed by atoms with Gasteiger partial charge in [0.1, 0.15) is 5.82 Å². The minimum absolute atomic E-state index is 0.0218. The topological polar surface area (TPSA) is 43.1 Å². The fourth-order valence-corrected chi connectivity index (χ4v) is 2.90. The lowest BCUT2D eigenvalue weighted by molar-refractivity contribution is -0.124. The third kappa shape index (κ3) is 2.81. The maximum absolute atomic E-state index is 13.4. The average Bonchev–Trinajstić information content (AvgIpc) is 2.36. The van der Waals surface area contributed by atoms with Crippen LogP contribution in [0.4, 0.5) is 4.39 Å². The lowest BCUT2D eigenvalue weighted by atomic mass is 9.78. The van der Waals surface area contributed by atoms with E-state index in [1.165, 1.54) is 6.07 Å². The molecule has 1 fully saturated rings. The highest BCUT2D eigenvalue weighted by atomic mass is 79.9. The number of rotatable bonds is 3. The van der Waals surface area contributed by atoms with E-state index in [0.29, 0.717) is 10.0 Å². The number of Topliss-reactive ketones (excluding diaryl/α,β-unsaturated/α-hetero) is 1. The van der Waals surface area contributed by atoms with Crippen LogP contribution < -0.4 is 5.73 Å². The third-order valence-corrected chi connectivity index (χ3v) is 4.57. The van der Waals surface area contributed by atoms with Gasteiger partial charge in [0.15, 0.2) is 5.78 Å². The van der Waals surface area contributed by atoms with Gasteiger partial charge in [-0.2, -0.15) is 0 Å². The van der Waals surface area contributed by atoms with Crippen molar-refractivity contribution in [3.05, 3.63) is 34.1 Å². The molecule has 1 aromatic rings. The summed E-state index contributed by atoms with van der Waals surface area (Å²) in [5.41, 5.74) is 6.15. The van der Waals surface area contributed by atoms with Crippen molar-refractivity contribution in [2.45, 2.75) is 44.1 Å². The van der Waals surface area contributed by atoms with Gasteiger partial charge < -0.3 is 5.73 Å². The van der Waals surface area contributed by atoms with Crippen molar-refractivity contribution in [3.63, 3.8) is 0 Å². The molecule has 18 heavy (non-hydrogen) atoms. The Labute approximate surface area is 115 Å². The van der Waals surface area contributed by atoms with E-state index in [1.807, 2.05) is 0 Å². The third-order valence-electron chi connectivity index (χ3n) is 3.68. The number of hydrogen-bond donors (Lipinski definition) is 1. The molecule has 2 nitrogen and oxygen atoms in total. The molecule has 0 atom stereocenters. The summed E-state index contributed by atoms with van der Waals surface area (Å²) in [7, 11) is 0. The Morgan fingerprint density at radius 3 is 2.67 bits per heavy atom. The van der Waals surface area contributed by atoms with Gasteiger partial charge in [-0.15, -0.1) is 0 Å². The maximum Gasteiger partial charge on any atom is 0.157 e. The number of hydrogen-bond acceptors (Lipinski definition) is 2. The Balaban J connectivity index is 2.13. The van der Waals surface area contributed by atoms with Crippen LogP contribution in [0.15, 0.2) is 22.7 Å². The van der Waals surface area contributed by atoms with Crippen LogP contribution in [0.3, 0.4) is 0 Å². The van der Waals surface area contributed by atoms with Crippen molar-refractivity contribution >= 4 is 21.7 Å². The molecule has 0 saturated heterocycles. The van der Waals surface area contributed by atoms with E-state index >= 15 is 0 Å². The Morgan fingerprint density at radius 1 is 1.33 bits per heavy atom. The molecular weight excluding hydrogens is 297 g/mol. The number of halogens is 2. The highest BCUT2D eigenvalue weighted by molar-refractivity contribution is 9.10. The van der Waals surface area contributed by atoms with Gasteiger partial charge in [0.2, 0.25) is 0 Å². The number of carbonyl (C=O) groups is 1. The van der Waals surface area contributed by atoms with Crippen LogP contribution in [0, 0.1) is 5.82 Å². The first-order valence-electron chi connectivity index (χ1n) is 6.28. The molecule has 1 aliphatic rings. The van der Waals surface area contributed by atoms with E-state index in [1.54, 1.807) is 12.1 Å². The summed E-state index contributed by atoms with van der Waals surface area (Å²) in [6.45, 7) is 0. The zero-order valence-corrected chi connectivity index (χ0v) is 11.8. The summed E-state index contributed by atoms with van der Waals surface area (Å²) >= 11 is 3.18. The van der Waals surface area contributed by atoms with E-state index < -0.39 is 5.54 Å². The van der Waals surface area contributed by atoms with Crippen molar-refractivity contribution in [2.24, 2.45) is 5.73 Å². The van der Waals surface area contributed by atoms with E-state index in [0.717, 1.165) is 32.1 Å².